The molecule has 7 nitrogen and oxygen atoms in total. The van der Waals surface area contributed by atoms with Crippen molar-refractivity contribution in [1.82, 2.24) is 15.0 Å². The molecule has 0 bridgehead atoms. The van der Waals surface area contributed by atoms with Crippen LogP contribution in [0.1, 0.15) is 29.8 Å². The number of amides is 2. The Balaban J connectivity index is 1.70. The van der Waals surface area contributed by atoms with Crippen molar-refractivity contribution >= 4 is 34.9 Å². The van der Waals surface area contributed by atoms with Crippen molar-refractivity contribution in [2.24, 2.45) is 0 Å². The summed E-state index contributed by atoms with van der Waals surface area (Å²) in [4.78, 5) is 39.1. The van der Waals surface area contributed by atoms with Crippen molar-refractivity contribution < 1.29 is 27.2 Å². The molecule has 0 aliphatic carbocycles. The second-order valence-electron chi connectivity index (χ2n) is 7.66. The van der Waals surface area contributed by atoms with Crippen LogP contribution in [0.25, 0.3) is 11.1 Å². The zero-order valence-electron chi connectivity index (χ0n) is 17.7. The summed E-state index contributed by atoms with van der Waals surface area (Å²) in [6.45, 7) is 2.70. The predicted molar refractivity (Wildman–Crippen MR) is 116 cm³/mol. The van der Waals surface area contributed by atoms with Gasteiger partial charge in [0.25, 0.3) is 0 Å². The Kier molecular flexibility index (Phi) is 5.98. The van der Waals surface area contributed by atoms with Crippen molar-refractivity contribution in [1.29, 1.82) is 0 Å². The normalized spacial score (nSPS) is 15.4. The van der Waals surface area contributed by atoms with Gasteiger partial charge in [0.15, 0.2) is 0 Å². The van der Waals surface area contributed by atoms with E-state index in [2.05, 4.69) is 20.3 Å². The van der Waals surface area contributed by atoms with Crippen molar-refractivity contribution in [2.75, 3.05) is 16.8 Å². The molecule has 0 saturated carbocycles. The monoisotopic (exact) mass is 493 g/mol. The van der Waals surface area contributed by atoms with Crippen LogP contribution in [0.4, 0.5) is 29.1 Å². The minimum Gasteiger partial charge on any atom is -0.309 e. The largest absolute Gasteiger partial charge is 0.417 e. The number of rotatable bonds is 3. The van der Waals surface area contributed by atoms with E-state index in [1.165, 1.54) is 17.0 Å². The third-order valence-corrected chi connectivity index (χ3v) is 5.51. The number of halogens is 5. The number of aromatic nitrogens is 3. The number of fused-ring (bicyclic) bond motifs is 3. The fraction of sp³-hybridized carbons (Fsp3) is 0.227. The van der Waals surface area contributed by atoms with Gasteiger partial charge in [0, 0.05) is 23.0 Å². The molecule has 34 heavy (non-hydrogen) atoms. The van der Waals surface area contributed by atoms with Crippen LogP contribution in [0.15, 0.2) is 36.7 Å². The third kappa shape index (κ3) is 4.43. The minimum atomic E-state index is -4.57. The summed E-state index contributed by atoms with van der Waals surface area (Å²) in [6, 6.07) is 4.52. The SMILES string of the molecule is Cc1cc2c(c(Cl)n1)-c1cc(F)cnc1[C@H](C)C(=O)N2CC(=O)Nc1ccc(C(F)(F)F)cn1. The maximum Gasteiger partial charge on any atom is 0.417 e. The van der Waals surface area contributed by atoms with Crippen molar-refractivity contribution in [3.8, 4) is 11.1 Å². The van der Waals surface area contributed by atoms with Gasteiger partial charge in [-0.3, -0.25) is 14.6 Å². The van der Waals surface area contributed by atoms with Crippen LogP contribution >= 0.6 is 11.6 Å². The maximum absolute atomic E-state index is 14.0. The topological polar surface area (TPSA) is 88.1 Å². The summed E-state index contributed by atoms with van der Waals surface area (Å²) in [7, 11) is 0. The molecule has 4 rings (SSSR count). The van der Waals surface area contributed by atoms with Gasteiger partial charge in [-0.05, 0) is 38.1 Å². The van der Waals surface area contributed by atoms with Gasteiger partial charge in [-0.1, -0.05) is 11.6 Å². The highest BCUT2D eigenvalue weighted by Gasteiger charge is 2.36. The summed E-state index contributed by atoms with van der Waals surface area (Å²) < 4.78 is 52.3. The average molecular weight is 494 g/mol. The summed E-state index contributed by atoms with van der Waals surface area (Å²) in [5.74, 6) is -2.83. The van der Waals surface area contributed by atoms with Gasteiger partial charge in [0.05, 0.1) is 29.1 Å². The number of alkyl halides is 3. The molecule has 0 fully saturated rings. The fourth-order valence-electron chi connectivity index (χ4n) is 3.67. The molecule has 1 aliphatic heterocycles. The van der Waals surface area contributed by atoms with E-state index in [4.69, 9.17) is 11.6 Å². The predicted octanol–water partition coefficient (Wildman–Crippen LogP) is 4.75. The lowest BCUT2D eigenvalue weighted by Crippen LogP contribution is -2.40. The average Bonchev–Trinajstić information content (AvgIpc) is 2.83. The molecule has 3 aromatic heterocycles. The fourth-order valence-corrected chi connectivity index (χ4v) is 4.00. The third-order valence-electron chi connectivity index (χ3n) is 5.23. The maximum atomic E-state index is 14.0. The highest BCUT2D eigenvalue weighted by atomic mass is 35.5. The molecule has 0 spiro atoms. The van der Waals surface area contributed by atoms with Crippen LogP contribution < -0.4 is 10.2 Å². The minimum absolute atomic E-state index is 0.000337. The first-order valence-electron chi connectivity index (χ1n) is 9.93. The van der Waals surface area contributed by atoms with Crippen LogP contribution in [-0.4, -0.2) is 33.3 Å². The van der Waals surface area contributed by atoms with Gasteiger partial charge in [0.1, 0.15) is 23.3 Å². The van der Waals surface area contributed by atoms with E-state index in [1.807, 2.05) is 0 Å². The number of aryl methyl sites for hydroxylation is 1. The number of carbonyl (C=O) groups is 2. The number of hydrogen-bond acceptors (Lipinski definition) is 5. The highest BCUT2D eigenvalue weighted by molar-refractivity contribution is 6.33. The van der Waals surface area contributed by atoms with Gasteiger partial charge in [-0.2, -0.15) is 13.2 Å². The first-order valence-corrected chi connectivity index (χ1v) is 10.3. The number of hydrogen-bond donors (Lipinski definition) is 1. The van der Waals surface area contributed by atoms with Crippen molar-refractivity contribution in [2.45, 2.75) is 25.9 Å². The highest BCUT2D eigenvalue weighted by Crippen LogP contribution is 2.43. The van der Waals surface area contributed by atoms with E-state index < -0.39 is 41.8 Å². The lowest BCUT2D eigenvalue weighted by Gasteiger charge is -2.24. The lowest BCUT2D eigenvalue weighted by molar-refractivity contribution is -0.137. The van der Waals surface area contributed by atoms with Gasteiger partial charge in [0.2, 0.25) is 11.8 Å². The Hall–Kier alpha value is -3.60. The molecule has 2 amide bonds. The number of pyridine rings is 3. The molecule has 1 aliphatic rings. The first-order chi connectivity index (χ1) is 16.0. The van der Waals surface area contributed by atoms with Crippen LogP contribution in [0.5, 0.6) is 0 Å². The van der Waals surface area contributed by atoms with Gasteiger partial charge in [-0.15, -0.1) is 0 Å². The molecule has 176 valence electrons. The molecule has 3 aromatic rings. The standard InChI is InChI=1S/C22H16ClF4N5O2/c1-10-5-15-18(20(23)30-10)14-6-13(24)8-29-19(14)11(2)21(34)32(15)9-17(33)31-16-4-3-12(7-28-16)22(25,26)27/h3-8,11H,9H2,1-2H3,(H,28,31,33)/t11-/m0/s1. The Labute approximate surface area is 195 Å². The summed E-state index contributed by atoms with van der Waals surface area (Å²) >= 11 is 6.38. The van der Waals surface area contributed by atoms with Gasteiger partial charge in [-0.25, -0.2) is 14.4 Å². The molecule has 0 aromatic carbocycles. The van der Waals surface area contributed by atoms with E-state index in [0.29, 0.717) is 11.9 Å². The van der Waals surface area contributed by atoms with E-state index in [0.717, 1.165) is 18.3 Å². The van der Waals surface area contributed by atoms with E-state index >= 15 is 0 Å². The Bertz CT molecular complexity index is 1300. The quantitative estimate of drug-likeness (QED) is 0.420. The molecular formula is C22H16ClF4N5O2. The van der Waals surface area contributed by atoms with Crippen LogP contribution in [0, 0.1) is 12.7 Å². The number of anilines is 2. The number of nitrogens with one attached hydrogen (secondary N) is 1. The lowest BCUT2D eigenvalue weighted by atomic mass is 9.98. The molecule has 0 radical (unpaired) electrons. The molecular weight excluding hydrogens is 478 g/mol. The van der Waals surface area contributed by atoms with Crippen LogP contribution in [-0.2, 0) is 15.8 Å². The molecule has 0 saturated heterocycles. The van der Waals surface area contributed by atoms with E-state index in [1.54, 1.807) is 13.8 Å². The Morgan fingerprint density at radius 3 is 2.59 bits per heavy atom. The van der Waals surface area contributed by atoms with E-state index in [9.17, 15) is 27.2 Å². The first kappa shape index (κ1) is 23.6. The Morgan fingerprint density at radius 2 is 1.94 bits per heavy atom. The Morgan fingerprint density at radius 1 is 1.21 bits per heavy atom. The summed E-state index contributed by atoms with van der Waals surface area (Å²) in [5, 5.41) is 2.38. The second kappa shape index (κ2) is 8.64. The van der Waals surface area contributed by atoms with Crippen molar-refractivity contribution in [3.05, 3.63) is 64.6 Å². The van der Waals surface area contributed by atoms with Gasteiger partial charge >= 0.3 is 6.18 Å². The molecule has 12 heteroatoms. The summed E-state index contributed by atoms with van der Waals surface area (Å²) in [5.41, 5.74) is 0.509. The molecule has 4 heterocycles. The zero-order valence-corrected chi connectivity index (χ0v) is 18.5. The van der Waals surface area contributed by atoms with Gasteiger partial charge < -0.3 is 10.2 Å². The van der Waals surface area contributed by atoms with Crippen molar-refractivity contribution in [3.63, 3.8) is 0 Å². The number of nitrogens with zero attached hydrogens (tertiary/aromatic N) is 4. The van der Waals surface area contributed by atoms with E-state index in [-0.39, 0.29) is 33.5 Å². The second-order valence-corrected chi connectivity index (χ2v) is 8.02. The molecule has 1 N–H and O–H groups in total. The zero-order chi connectivity index (χ0) is 24.8. The summed E-state index contributed by atoms with van der Waals surface area (Å²) in [6.07, 6.45) is -2.99. The number of carbonyl (C=O) groups excluding carboxylic acids is 2. The van der Waals surface area contributed by atoms with Crippen LogP contribution in [0.3, 0.4) is 0 Å². The molecule has 1 atom stereocenters. The smallest absolute Gasteiger partial charge is 0.309 e. The van der Waals surface area contributed by atoms with Crippen LogP contribution in [0.2, 0.25) is 5.15 Å². The molecule has 0 unspecified atom stereocenters.